The largest absolute Gasteiger partial charge is 0.481 e. The van der Waals surface area contributed by atoms with Crippen molar-refractivity contribution in [2.75, 3.05) is 0 Å². The Morgan fingerprint density at radius 1 is 1.78 bits per heavy atom. The van der Waals surface area contributed by atoms with Gasteiger partial charge in [0.1, 0.15) is 0 Å². The van der Waals surface area contributed by atoms with Gasteiger partial charge in [0.25, 0.3) is 0 Å². The molecule has 0 aromatic heterocycles. The standard InChI is InChI=1S/C6H9ClO2/c1-2-5(7)3-4-6(8)9/h3H,2,4H2,1H3,(H,8,9)/b5-3-. The number of carboxylic acids is 1. The lowest BCUT2D eigenvalue weighted by Crippen LogP contribution is -1.90. The number of allylic oxidation sites excluding steroid dienone is 1. The number of hydrogen-bond acceptors (Lipinski definition) is 1. The molecule has 0 aliphatic rings. The summed E-state index contributed by atoms with van der Waals surface area (Å²) in [7, 11) is 0. The van der Waals surface area contributed by atoms with Gasteiger partial charge < -0.3 is 5.11 Å². The molecule has 0 atom stereocenters. The first-order valence-corrected chi connectivity index (χ1v) is 3.11. The second-order valence-corrected chi connectivity index (χ2v) is 2.09. The molecule has 0 bridgehead atoms. The topological polar surface area (TPSA) is 37.3 Å². The highest BCUT2D eigenvalue weighted by Crippen LogP contribution is 2.06. The van der Waals surface area contributed by atoms with Gasteiger partial charge in [-0.3, -0.25) is 4.79 Å². The summed E-state index contributed by atoms with van der Waals surface area (Å²) in [5.41, 5.74) is 0. The Bertz CT molecular complexity index is 129. The predicted octanol–water partition coefficient (Wildman–Crippen LogP) is 1.99. The van der Waals surface area contributed by atoms with Crippen LogP contribution in [0.1, 0.15) is 19.8 Å². The van der Waals surface area contributed by atoms with Crippen LogP contribution >= 0.6 is 11.6 Å². The molecular weight excluding hydrogens is 140 g/mol. The summed E-state index contributed by atoms with van der Waals surface area (Å²) in [6.45, 7) is 1.88. The van der Waals surface area contributed by atoms with Crippen LogP contribution in [0, 0.1) is 0 Å². The van der Waals surface area contributed by atoms with E-state index < -0.39 is 5.97 Å². The maximum Gasteiger partial charge on any atom is 0.307 e. The van der Waals surface area contributed by atoms with Gasteiger partial charge in [-0.25, -0.2) is 0 Å². The van der Waals surface area contributed by atoms with E-state index in [9.17, 15) is 4.79 Å². The molecule has 0 unspecified atom stereocenters. The SMILES string of the molecule is CC/C(Cl)=C/CC(=O)O. The van der Waals surface area contributed by atoms with Crippen LogP contribution in [0.3, 0.4) is 0 Å². The first-order valence-electron chi connectivity index (χ1n) is 2.73. The van der Waals surface area contributed by atoms with Crippen LogP contribution < -0.4 is 0 Å². The quantitative estimate of drug-likeness (QED) is 0.665. The maximum atomic E-state index is 9.92. The lowest BCUT2D eigenvalue weighted by atomic mass is 10.3. The Hall–Kier alpha value is -0.500. The van der Waals surface area contributed by atoms with Gasteiger partial charge in [-0.1, -0.05) is 24.6 Å². The van der Waals surface area contributed by atoms with Crippen molar-refractivity contribution in [3.05, 3.63) is 11.1 Å². The number of carbonyl (C=O) groups is 1. The molecule has 0 aliphatic heterocycles. The summed E-state index contributed by atoms with van der Waals surface area (Å²) in [5, 5.41) is 8.76. The van der Waals surface area contributed by atoms with E-state index in [4.69, 9.17) is 16.7 Å². The summed E-state index contributed by atoms with van der Waals surface area (Å²) in [4.78, 5) is 9.92. The van der Waals surface area contributed by atoms with Crippen LogP contribution in [0.2, 0.25) is 0 Å². The van der Waals surface area contributed by atoms with Crippen molar-refractivity contribution in [1.82, 2.24) is 0 Å². The first kappa shape index (κ1) is 8.50. The summed E-state index contributed by atoms with van der Waals surface area (Å²) in [5.74, 6) is -0.846. The molecule has 0 radical (unpaired) electrons. The van der Waals surface area contributed by atoms with Crippen molar-refractivity contribution in [1.29, 1.82) is 0 Å². The van der Waals surface area contributed by atoms with Crippen molar-refractivity contribution in [3.8, 4) is 0 Å². The van der Waals surface area contributed by atoms with Crippen molar-refractivity contribution < 1.29 is 9.90 Å². The third-order valence-electron chi connectivity index (χ3n) is 0.836. The molecule has 0 heterocycles. The average Bonchev–Trinajstić information content (AvgIpc) is 1.83. The molecule has 0 aliphatic carbocycles. The van der Waals surface area contributed by atoms with Gasteiger partial charge in [0.05, 0.1) is 6.42 Å². The Morgan fingerprint density at radius 3 is 2.67 bits per heavy atom. The molecule has 2 nitrogen and oxygen atoms in total. The molecule has 1 N–H and O–H groups in total. The fourth-order valence-electron chi connectivity index (χ4n) is 0.342. The van der Waals surface area contributed by atoms with Crippen molar-refractivity contribution in [2.24, 2.45) is 0 Å². The third-order valence-corrected chi connectivity index (χ3v) is 1.26. The van der Waals surface area contributed by atoms with Gasteiger partial charge in [0.15, 0.2) is 0 Å². The fourth-order valence-corrected chi connectivity index (χ4v) is 0.420. The van der Waals surface area contributed by atoms with Gasteiger partial charge in [-0.15, -0.1) is 0 Å². The van der Waals surface area contributed by atoms with Gasteiger partial charge in [0, 0.05) is 5.03 Å². The summed E-state index contributed by atoms with van der Waals surface area (Å²) in [6, 6.07) is 0. The monoisotopic (exact) mass is 148 g/mol. The van der Waals surface area contributed by atoms with E-state index in [1.807, 2.05) is 6.92 Å². The molecule has 9 heavy (non-hydrogen) atoms. The Morgan fingerprint density at radius 2 is 2.33 bits per heavy atom. The number of aliphatic carboxylic acids is 1. The van der Waals surface area contributed by atoms with E-state index in [0.717, 1.165) is 0 Å². The minimum atomic E-state index is -0.846. The molecule has 0 fully saturated rings. The highest BCUT2D eigenvalue weighted by atomic mass is 35.5. The van der Waals surface area contributed by atoms with Crippen molar-refractivity contribution in [2.45, 2.75) is 19.8 Å². The van der Waals surface area contributed by atoms with Gasteiger partial charge in [-0.05, 0) is 6.42 Å². The second-order valence-electron chi connectivity index (χ2n) is 1.60. The Kier molecular flexibility index (Phi) is 4.14. The van der Waals surface area contributed by atoms with Crippen LogP contribution in [0.15, 0.2) is 11.1 Å². The Balaban J connectivity index is 3.56. The number of hydrogen-bond donors (Lipinski definition) is 1. The summed E-state index contributed by atoms with van der Waals surface area (Å²) >= 11 is 5.51. The molecule has 0 amide bonds. The average molecular weight is 149 g/mol. The lowest BCUT2D eigenvalue weighted by Gasteiger charge is -1.87. The van der Waals surface area contributed by atoms with E-state index in [1.54, 1.807) is 0 Å². The maximum absolute atomic E-state index is 9.92. The van der Waals surface area contributed by atoms with Crippen LogP contribution in [0.4, 0.5) is 0 Å². The molecule has 0 saturated carbocycles. The van der Waals surface area contributed by atoms with Gasteiger partial charge in [0.2, 0.25) is 0 Å². The van der Waals surface area contributed by atoms with E-state index in [2.05, 4.69) is 0 Å². The second kappa shape index (κ2) is 4.39. The molecule has 3 heteroatoms. The number of rotatable bonds is 3. The van der Waals surface area contributed by atoms with Crippen LogP contribution in [0.5, 0.6) is 0 Å². The summed E-state index contributed by atoms with van der Waals surface area (Å²) < 4.78 is 0. The van der Waals surface area contributed by atoms with E-state index in [1.165, 1.54) is 6.08 Å². The Labute approximate surface area is 59.1 Å². The molecule has 0 rings (SSSR count). The van der Waals surface area contributed by atoms with Crippen molar-refractivity contribution >= 4 is 17.6 Å². The zero-order chi connectivity index (χ0) is 7.28. The number of halogens is 1. The molecule has 0 saturated heterocycles. The van der Waals surface area contributed by atoms with Crippen LogP contribution in [-0.2, 0) is 4.79 Å². The number of carboxylic acid groups (broad SMARTS) is 1. The van der Waals surface area contributed by atoms with Gasteiger partial charge >= 0.3 is 5.97 Å². The molecule has 52 valence electrons. The molecule has 0 aromatic rings. The lowest BCUT2D eigenvalue weighted by molar-refractivity contribution is -0.136. The summed E-state index contributed by atoms with van der Waals surface area (Å²) in [6.07, 6.45) is 2.23. The minimum Gasteiger partial charge on any atom is -0.481 e. The molecule has 0 aromatic carbocycles. The highest BCUT2D eigenvalue weighted by molar-refractivity contribution is 6.29. The van der Waals surface area contributed by atoms with E-state index in [0.29, 0.717) is 11.5 Å². The van der Waals surface area contributed by atoms with Crippen LogP contribution in [-0.4, -0.2) is 11.1 Å². The molecular formula is C6H9ClO2. The zero-order valence-corrected chi connectivity index (χ0v) is 5.98. The first-order chi connectivity index (χ1) is 4.16. The van der Waals surface area contributed by atoms with Crippen LogP contribution in [0.25, 0.3) is 0 Å². The predicted molar refractivity (Wildman–Crippen MR) is 36.5 cm³/mol. The minimum absolute atomic E-state index is 0.0205. The fraction of sp³-hybridized carbons (Fsp3) is 0.500. The molecule has 0 spiro atoms. The zero-order valence-electron chi connectivity index (χ0n) is 5.22. The third kappa shape index (κ3) is 5.37. The van der Waals surface area contributed by atoms with E-state index >= 15 is 0 Å². The van der Waals surface area contributed by atoms with E-state index in [-0.39, 0.29) is 6.42 Å². The highest BCUT2D eigenvalue weighted by Gasteiger charge is 1.92. The van der Waals surface area contributed by atoms with Crippen molar-refractivity contribution in [3.63, 3.8) is 0 Å². The van der Waals surface area contributed by atoms with Gasteiger partial charge in [-0.2, -0.15) is 0 Å². The smallest absolute Gasteiger partial charge is 0.307 e. The normalized spacial score (nSPS) is 11.6.